The molecule has 6 atom stereocenters. The molecule has 0 saturated carbocycles. The third-order valence-corrected chi connectivity index (χ3v) is 5.69. The molecule has 1 aliphatic heterocycles. The van der Waals surface area contributed by atoms with Crippen molar-refractivity contribution in [3.8, 4) is 0 Å². The van der Waals surface area contributed by atoms with Gasteiger partial charge in [0.15, 0.2) is 36.6 Å². The second kappa shape index (κ2) is 16.2. The van der Waals surface area contributed by atoms with Crippen molar-refractivity contribution in [2.45, 2.75) is 92.0 Å². The van der Waals surface area contributed by atoms with Crippen LogP contribution in [0.25, 0.3) is 0 Å². The lowest BCUT2D eigenvalue weighted by Gasteiger charge is -2.23. The molecule has 0 aliphatic carbocycles. The summed E-state index contributed by atoms with van der Waals surface area (Å²) in [6, 6.07) is 0. The summed E-state index contributed by atoms with van der Waals surface area (Å²) >= 11 is 0. The van der Waals surface area contributed by atoms with Crippen LogP contribution in [0.2, 0.25) is 0 Å². The van der Waals surface area contributed by atoms with Crippen molar-refractivity contribution in [1.82, 2.24) is 9.80 Å². The smallest absolute Gasteiger partial charge is 0.347 e. The predicted molar refractivity (Wildman–Crippen MR) is 141 cm³/mol. The number of guanidine groups is 1. The number of esters is 6. The van der Waals surface area contributed by atoms with E-state index in [4.69, 9.17) is 23.7 Å². The molecule has 1 heterocycles. The van der Waals surface area contributed by atoms with Crippen LogP contribution in [0.4, 0.5) is 0 Å². The van der Waals surface area contributed by atoms with E-state index < -0.39 is 78.3 Å². The summed E-state index contributed by atoms with van der Waals surface area (Å²) in [6.45, 7) is 9.92. The number of amides is 2. The fourth-order valence-corrected chi connectivity index (χ4v) is 3.40. The zero-order chi connectivity index (χ0) is 33.2. The fourth-order valence-electron chi connectivity index (χ4n) is 3.40. The molecule has 0 N–H and O–H groups in total. The maximum absolute atomic E-state index is 12.8. The topological polar surface area (TPSA) is 211 Å². The lowest BCUT2D eigenvalue weighted by Crippen LogP contribution is -2.45. The summed E-state index contributed by atoms with van der Waals surface area (Å²) in [4.78, 5) is 103. The molecular weight excluding hydrogens is 578 g/mol. The number of carbonyl (C=O) groups excluding carboxylic acids is 8. The largest absolute Gasteiger partial charge is 0.451 e. The van der Waals surface area contributed by atoms with Crippen molar-refractivity contribution in [1.29, 1.82) is 0 Å². The first-order valence-electron chi connectivity index (χ1n) is 13.2. The van der Waals surface area contributed by atoms with Gasteiger partial charge in [-0.25, -0.2) is 24.0 Å². The van der Waals surface area contributed by atoms with Crippen LogP contribution >= 0.6 is 0 Å². The second-order valence-corrected chi connectivity index (χ2v) is 9.33. The molecule has 1 saturated heterocycles. The second-order valence-electron chi connectivity index (χ2n) is 9.33. The normalized spacial score (nSPS) is 17.8. The molecule has 17 nitrogen and oxygen atoms in total. The van der Waals surface area contributed by atoms with Gasteiger partial charge < -0.3 is 28.4 Å². The van der Waals surface area contributed by atoms with Crippen molar-refractivity contribution < 1.29 is 66.8 Å². The summed E-state index contributed by atoms with van der Waals surface area (Å²) in [5.41, 5.74) is 0. The Kier molecular flexibility index (Phi) is 13.7. The number of rotatable bonds is 12. The minimum Gasteiger partial charge on any atom is -0.451 e. The molecular formula is C26H37N3O14. The highest BCUT2D eigenvalue weighted by atomic mass is 16.6. The maximum Gasteiger partial charge on any atom is 0.347 e. The molecule has 2 amide bonds. The van der Waals surface area contributed by atoms with Crippen molar-refractivity contribution in [3.63, 3.8) is 0 Å². The number of nitrogens with zero attached hydrogens (tertiary/aromatic N) is 3. The molecule has 0 spiro atoms. The fraction of sp³-hybridized carbons (Fsp3) is 0.654. The van der Waals surface area contributed by atoms with Gasteiger partial charge in [-0.05, 0) is 41.5 Å². The van der Waals surface area contributed by atoms with Gasteiger partial charge in [0.2, 0.25) is 11.9 Å². The van der Waals surface area contributed by atoms with Crippen molar-refractivity contribution in [2.24, 2.45) is 4.99 Å². The van der Waals surface area contributed by atoms with E-state index in [1.165, 1.54) is 44.5 Å². The van der Waals surface area contributed by atoms with E-state index in [0.29, 0.717) is 0 Å². The zero-order valence-electron chi connectivity index (χ0n) is 25.4. The summed E-state index contributed by atoms with van der Waals surface area (Å²) in [6.07, 6.45) is -8.65. The SMILES string of the molecule is C/N=C1/N(C(C)=O)CCN1C(=O)[C@H](C)OC(=O)[C@H](C)OC(=O)[C@H](C)OC(=O)[C@H](C)OC(=O)[C@H](C)OC(=O)[C@H](C)OC(C)=O. The summed E-state index contributed by atoms with van der Waals surface area (Å²) < 4.78 is 29.4. The van der Waals surface area contributed by atoms with Crippen LogP contribution in [0, 0.1) is 0 Å². The molecule has 1 fully saturated rings. The van der Waals surface area contributed by atoms with Crippen molar-refractivity contribution in [2.75, 3.05) is 20.1 Å². The molecule has 43 heavy (non-hydrogen) atoms. The monoisotopic (exact) mass is 615 g/mol. The van der Waals surface area contributed by atoms with Crippen LogP contribution < -0.4 is 0 Å². The molecule has 0 unspecified atom stereocenters. The molecule has 0 radical (unpaired) electrons. The summed E-state index contributed by atoms with van der Waals surface area (Å²) in [7, 11) is 1.40. The Morgan fingerprint density at radius 1 is 0.535 bits per heavy atom. The Morgan fingerprint density at radius 2 is 0.837 bits per heavy atom. The molecule has 240 valence electrons. The van der Waals surface area contributed by atoms with Gasteiger partial charge in [0.1, 0.15) is 0 Å². The van der Waals surface area contributed by atoms with E-state index in [1.807, 2.05) is 0 Å². The Balaban J connectivity index is 2.59. The van der Waals surface area contributed by atoms with Crippen LogP contribution in [0.15, 0.2) is 4.99 Å². The van der Waals surface area contributed by atoms with Crippen molar-refractivity contribution in [3.05, 3.63) is 0 Å². The van der Waals surface area contributed by atoms with E-state index in [1.54, 1.807) is 0 Å². The quantitative estimate of drug-likeness (QED) is 0.196. The van der Waals surface area contributed by atoms with E-state index in [-0.39, 0.29) is 25.0 Å². The van der Waals surface area contributed by atoms with Gasteiger partial charge in [0, 0.05) is 34.0 Å². The predicted octanol–water partition coefficient (Wildman–Crippen LogP) is -0.727. The Morgan fingerprint density at radius 3 is 1.14 bits per heavy atom. The van der Waals surface area contributed by atoms with Gasteiger partial charge >= 0.3 is 35.8 Å². The lowest BCUT2D eigenvalue weighted by atomic mass is 10.3. The number of hydrogen-bond donors (Lipinski definition) is 0. The Labute approximate surface area is 247 Å². The van der Waals surface area contributed by atoms with Gasteiger partial charge in [-0.15, -0.1) is 0 Å². The lowest BCUT2D eigenvalue weighted by molar-refractivity contribution is -0.187. The third-order valence-electron chi connectivity index (χ3n) is 5.69. The Bertz CT molecular complexity index is 1150. The van der Waals surface area contributed by atoms with Gasteiger partial charge in [0.05, 0.1) is 0 Å². The van der Waals surface area contributed by atoms with Gasteiger partial charge in [-0.1, -0.05) is 0 Å². The van der Waals surface area contributed by atoms with Crippen LogP contribution in [-0.4, -0.2) is 120 Å². The van der Waals surface area contributed by atoms with E-state index in [9.17, 15) is 38.4 Å². The van der Waals surface area contributed by atoms with E-state index >= 15 is 0 Å². The highest BCUT2D eigenvalue weighted by Gasteiger charge is 2.37. The molecule has 0 aromatic heterocycles. The number of carbonyl (C=O) groups is 8. The first kappa shape index (κ1) is 36.5. The zero-order valence-corrected chi connectivity index (χ0v) is 25.4. The van der Waals surface area contributed by atoms with Crippen LogP contribution in [-0.2, 0) is 66.8 Å². The van der Waals surface area contributed by atoms with E-state index in [2.05, 4.69) is 9.73 Å². The average Bonchev–Trinajstić information content (AvgIpc) is 3.36. The van der Waals surface area contributed by atoms with Crippen LogP contribution in [0.1, 0.15) is 55.4 Å². The Hall–Kier alpha value is -4.57. The number of aliphatic imine (C=N–C) groups is 1. The van der Waals surface area contributed by atoms with Gasteiger partial charge in [-0.2, -0.15) is 0 Å². The molecule has 17 heteroatoms. The molecule has 0 aromatic rings. The van der Waals surface area contributed by atoms with Gasteiger partial charge in [-0.3, -0.25) is 29.2 Å². The first-order chi connectivity index (χ1) is 19.9. The van der Waals surface area contributed by atoms with Gasteiger partial charge in [0.25, 0.3) is 5.91 Å². The maximum atomic E-state index is 12.8. The molecule has 0 bridgehead atoms. The average molecular weight is 616 g/mol. The molecule has 1 rings (SSSR count). The minimum atomic E-state index is -1.55. The van der Waals surface area contributed by atoms with Crippen LogP contribution in [0.5, 0.6) is 0 Å². The van der Waals surface area contributed by atoms with Crippen molar-refractivity contribution >= 4 is 53.6 Å². The summed E-state index contributed by atoms with van der Waals surface area (Å²) in [5.74, 6) is -7.10. The third kappa shape index (κ3) is 10.6. The number of ether oxygens (including phenoxy) is 6. The summed E-state index contributed by atoms with van der Waals surface area (Å²) in [5, 5.41) is 0. The minimum absolute atomic E-state index is 0.111. The number of hydrogen-bond acceptors (Lipinski definition) is 15. The molecule has 0 aromatic carbocycles. The first-order valence-corrected chi connectivity index (χ1v) is 13.2. The standard InChI is InChI=1S/C26H37N3O14/c1-12(20(32)29-11-10-28(18(7)30)26(29)27-9)39-22(34)14(3)41-24(36)16(5)43-25(37)17(6)42-23(35)15(4)40-21(33)13(2)38-19(8)31/h12-17H,10-11H2,1-9H3/b27-26-/t12-,13-,14-,15-,16-,17-/m0/s1. The van der Waals surface area contributed by atoms with E-state index in [0.717, 1.165) is 27.7 Å². The highest BCUT2D eigenvalue weighted by Crippen LogP contribution is 2.14. The molecule has 1 aliphatic rings. The highest BCUT2D eigenvalue weighted by molar-refractivity contribution is 6.06. The van der Waals surface area contributed by atoms with Crippen LogP contribution in [0.3, 0.4) is 0 Å².